The van der Waals surface area contributed by atoms with Crippen molar-refractivity contribution in [2.24, 2.45) is 0 Å². The normalized spacial score (nSPS) is 11.7. The number of nitrogens with zero attached hydrogens (tertiary/aromatic N) is 1. The first-order valence-corrected chi connectivity index (χ1v) is 18.2. The minimum Gasteiger partial charge on any atom is -0.309 e. The highest BCUT2D eigenvalue weighted by atomic mass is 32.1. The molecule has 0 N–H and O–H groups in total. The fourth-order valence-corrected chi connectivity index (χ4v) is 9.68. The van der Waals surface area contributed by atoms with E-state index >= 15 is 0 Å². The molecule has 0 aliphatic carbocycles. The van der Waals surface area contributed by atoms with E-state index in [1.54, 1.807) is 0 Å². The summed E-state index contributed by atoms with van der Waals surface area (Å²) in [5.41, 5.74) is 8.34. The van der Waals surface area contributed by atoms with Gasteiger partial charge in [0.1, 0.15) is 0 Å². The van der Waals surface area contributed by atoms with E-state index in [2.05, 4.69) is 181 Å². The number of fused-ring (bicyclic) bond motifs is 7. The van der Waals surface area contributed by atoms with Gasteiger partial charge in [0.2, 0.25) is 0 Å². The van der Waals surface area contributed by atoms with Gasteiger partial charge in [-0.1, -0.05) is 127 Å². The summed E-state index contributed by atoms with van der Waals surface area (Å²) in [6.07, 6.45) is 0. The first kappa shape index (κ1) is 28.3. The Morgan fingerprint density at radius 3 is 1.86 bits per heavy atom. The van der Waals surface area contributed by atoms with Crippen molar-refractivity contribution in [1.82, 2.24) is 0 Å². The van der Waals surface area contributed by atoms with Crippen LogP contribution in [-0.4, -0.2) is 0 Å². The van der Waals surface area contributed by atoms with Gasteiger partial charge in [0.05, 0.1) is 10.4 Å². The second kappa shape index (κ2) is 11.5. The number of rotatable bonds is 5. The number of benzene rings is 8. The molecule has 0 atom stereocenters. The fraction of sp³-hybridized carbons (Fsp3) is 0. The molecule has 0 aliphatic heterocycles. The van der Waals surface area contributed by atoms with Crippen molar-refractivity contribution in [2.75, 3.05) is 4.90 Å². The predicted octanol–water partition coefficient (Wildman–Crippen LogP) is 14.4. The maximum Gasteiger partial charge on any atom is 0.0640 e. The zero-order valence-corrected chi connectivity index (χ0v) is 28.1. The van der Waals surface area contributed by atoms with Crippen molar-refractivity contribution in [3.8, 4) is 22.3 Å². The van der Waals surface area contributed by atoms with Crippen molar-refractivity contribution in [3.63, 3.8) is 0 Å². The van der Waals surface area contributed by atoms with Crippen LogP contribution in [0.1, 0.15) is 0 Å². The summed E-state index contributed by atoms with van der Waals surface area (Å²) < 4.78 is 5.23. The van der Waals surface area contributed by atoms with Gasteiger partial charge in [-0.15, -0.1) is 22.7 Å². The first-order valence-electron chi connectivity index (χ1n) is 16.6. The summed E-state index contributed by atoms with van der Waals surface area (Å²) >= 11 is 3.75. The van der Waals surface area contributed by atoms with E-state index < -0.39 is 0 Å². The molecule has 10 aromatic rings. The zero-order valence-electron chi connectivity index (χ0n) is 26.5. The third-order valence-electron chi connectivity index (χ3n) is 9.65. The van der Waals surface area contributed by atoms with Gasteiger partial charge in [0.25, 0.3) is 0 Å². The van der Waals surface area contributed by atoms with E-state index in [0.29, 0.717) is 0 Å². The van der Waals surface area contributed by atoms with Crippen LogP contribution >= 0.6 is 22.7 Å². The van der Waals surface area contributed by atoms with Gasteiger partial charge in [-0.2, -0.15) is 0 Å². The minimum absolute atomic E-state index is 1.13. The summed E-state index contributed by atoms with van der Waals surface area (Å²) in [6, 6.07) is 64.5. The van der Waals surface area contributed by atoms with Crippen LogP contribution in [0.5, 0.6) is 0 Å². The van der Waals surface area contributed by atoms with E-state index in [1.807, 2.05) is 22.7 Å². The van der Waals surface area contributed by atoms with E-state index in [1.165, 1.54) is 79.1 Å². The first-order chi connectivity index (χ1) is 24.3. The monoisotopic (exact) mass is 659 g/mol. The summed E-state index contributed by atoms with van der Waals surface area (Å²) in [5, 5.41) is 7.70. The molecule has 0 spiro atoms. The number of hydrogen-bond acceptors (Lipinski definition) is 3. The van der Waals surface area contributed by atoms with Gasteiger partial charge < -0.3 is 4.90 Å². The largest absolute Gasteiger partial charge is 0.309 e. The van der Waals surface area contributed by atoms with Crippen molar-refractivity contribution < 1.29 is 0 Å². The Bertz CT molecular complexity index is 2840. The Morgan fingerprint density at radius 2 is 1.00 bits per heavy atom. The fourth-order valence-electron chi connectivity index (χ4n) is 7.32. The van der Waals surface area contributed by atoms with Gasteiger partial charge >= 0.3 is 0 Å². The second-order valence-corrected chi connectivity index (χ2v) is 14.7. The lowest BCUT2D eigenvalue weighted by Crippen LogP contribution is -2.10. The quantitative estimate of drug-likeness (QED) is 0.178. The number of hydrogen-bond donors (Lipinski definition) is 0. The molecule has 230 valence electrons. The van der Waals surface area contributed by atoms with Crippen molar-refractivity contribution in [1.29, 1.82) is 0 Å². The zero-order chi connectivity index (χ0) is 32.3. The molecule has 0 aliphatic rings. The summed E-state index contributed by atoms with van der Waals surface area (Å²) in [7, 11) is 0. The SMILES string of the molecule is c1ccc(-c2ccc(N(c3ccc4ccccc4c3)c3cccc4c3sc3ccccc34)cc2-c2ccc3c(c2)sc2ccccc23)cc1. The van der Waals surface area contributed by atoms with Crippen molar-refractivity contribution >= 4 is 90.9 Å². The lowest BCUT2D eigenvalue weighted by atomic mass is 9.93. The lowest BCUT2D eigenvalue weighted by Gasteiger charge is -2.27. The molecule has 2 heterocycles. The molecule has 3 heteroatoms. The molecule has 49 heavy (non-hydrogen) atoms. The smallest absolute Gasteiger partial charge is 0.0640 e. The molecule has 0 amide bonds. The molecular weight excluding hydrogens is 631 g/mol. The van der Waals surface area contributed by atoms with Crippen molar-refractivity contribution in [3.05, 3.63) is 176 Å². The van der Waals surface area contributed by atoms with Crippen LogP contribution in [-0.2, 0) is 0 Å². The van der Waals surface area contributed by atoms with Crippen LogP contribution in [0.25, 0.3) is 73.4 Å². The highest BCUT2D eigenvalue weighted by molar-refractivity contribution is 7.26. The number of thiophene rings is 2. The predicted molar refractivity (Wildman–Crippen MR) is 215 cm³/mol. The molecule has 8 aromatic carbocycles. The van der Waals surface area contributed by atoms with Gasteiger partial charge in [-0.25, -0.2) is 0 Å². The van der Waals surface area contributed by atoms with Gasteiger partial charge in [-0.05, 0) is 81.6 Å². The van der Waals surface area contributed by atoms with Crippen LogP contribution in [0.15, 0.2) is 176 Å². The second-order valence-electron chi connectivity index (χ2n) is 12.5. The average Bonchev–Trinajstić information content (AvgIpc) is 3.74. The molecule has 0 unspecified atom stereocenters. The summed E-state index contributed by atoms with van der Waals surface area (Å²) in [6.45, 7) is 0. The Kier molecular flexibility index (Phi) is 6.61. The molecule has 10 rings (SSSR count). The molecule has 0 radical (unpaired) electrons. The van der Waals surface area contributed by atoms with Gasteiger partial charge in [0.15, 0.2) is 0 Å². The topological polar surface area (TPSA) is 3.24 Å². The van der Waals surface area contributed by atoms with Crippen LogP contribution in [0, 0.1) is 0 Å². The Labute approximate surface area is 292 Å². The van der Waals surface area contributed by atoms with Crippen LogP contribution < -0.4 is 4.90 Å². The average molecular weight is 660 g/mol. The highest BCUT2D eigenvalue weighted by Crippen LogP contribution is 2.47. The van der Waals surface area contributed by atoms with E-state index in [9.17, 15) is 0 Å². The van der Waals surface area contributed by atoms with Crippen LogP contribution in [0.2, 0.25) is 0 Å². The Morgan fingerprint density at radius 1 is 0.347 bits per heavy atom. The Hall–Kier alpha value is -5.74. The third-order valence-corrected chi connectivity index (χ3v) is 12.0. The van der Waals surface area contributed by atoms with E-state index in [0.717, 1.165) is 11.4 Å². The molecule has 1 nitrogen and oxygen atoms in total. The summed E-state index contributed by atoms with van der Waals surface area (Å²) in [5.74, 6) is 0. The molecule has 0 fully saturated rings. The maximum absolute atomic E-state index is 2.46. The maximum atomic E-state index is 2.46. The standard InChI is InChI=1S/C46H29NS2/c1-2-12-31(13-3-1)36-26-24-35(29-41(36)33-22-25-39-37-15-6-8-19-43(37)48-45(39)28-33)47(34-23-21-30-11-4-5-14-32(30)27-34)42-18-10-17-40-38-16-7-9-20-44(38)49-46(40)42/h1-29H. The molecule has 0 bridgehead atoms. The third kappa shape index (κ3) is 4.74. The molecule has 0 saturated heterocycles. The lowest BCUT2D eigenvalue weighted by molar-refractivity contribution is 1.31. The Balaban J connectivity index is 1.24. The molecule has 2 aromatic heterocycles. The van der Waals surface area contributed by atoms with Gasteiger partial charge in [0, 0.05) is 47.0 Å². The van der Waals surface area contributed by atoms with Crippen molar-refractivity contribution in [2.45, 2.75) is 0 Å². The highest BCUT2D eigenvalue weighted by Gasteiger charge is 2.20. The van der Waals surface area contributed by atoms with Gasteiger partial charge in [-0.3, -0.25) is 0 Å². The summed E-state index contributed by atoms with van der Waals surface area (Å²) in [4.78, 5) is 2.46. The van der Waals surface area contributed by atoms with E-state index in [-0.39, 0.29) is 0 Å². The minimum atomic E-state index is 1.13. The number of anilines is 3. The van der Waals surface area contributed by atoms with Crippen LogP contribution in [0.4, 0.5) is 17.1 Å². The van der Waals surface area contributed by atoms with Crippen LogP contribution in [0.3, 0.4) is 0 Å². The molecular formula is C46H29NS2. The van der Waals surface area contributed by atoms with E-state index in [4.69, 9.17) is 0 Å². The molecule has 0 saturated carbocycles.